The molecular weight excluding hydrogens is 348 g/mol. The van der Waals surface area contributed by atoms with Crippen molar-refractivity contribution < 1.29 is 0 Å². The first-order chi connectivity index (χ1) is 13.7. The van der Waals surface area contributed by atoms with Crippen LogP contribution < -0.4 is 10.6 Å². The number of aryl methyl sites for hydroxylation is 2. The molecule has 2 aliphatic rings. The van der Waals surface area contributed by atoms with Crippen LogP contribution >= 0.6 is 0 Å². The van der Waals surface area contributed by atoms with Crippen molar-refractivity contribution >= 4 is 11.5 Å². The molecule has 0 bridgehead atoms. The molecular formula is C22H30N6. The summed E-state index contributed by atoms with van der Waals surface area (Å²) in [5.74, 6) is 1.22. The van der Waals surface area contributed by atoms with Crippen LogP contribution in [0.5, 0.6) is 0 Å². The predicted octanol–water partition coefficient (Wildman–Crippen LogP) is 2.51. The number of imidazole rings is 1. The van der Waals surface area contributed by atoms with Crippen LogP contribution in [0.1, 0.15) is 29.8 Å². The fraction of sp³-hybridized carbons (Fsp3) is 0.455. The minimum atomic E-state index is 0.490. The zero-order chi connectivity index (χ0) is 19.3. The molecule has 1 aliphatic heterocycles. The van der Waals surface area contributed by atoms with Crippen molar-refractivity contribution in [3.8, 4) is 0 Å². The summed E-state index contributed by atoms with van der Waals surface area (Å²) in [6.45, 7) is 4.82. The van der Waals surface area contributed by atoms with Gasteiger partial charge in [-0.05, 0) is 56.5 Å². The molecule has 6 heteroatoms. The third-order valence-electron chi connectivity index (χ3n) is 5.65. The molecule has 0 radical (unpaired) electrons. The molecule has 1 fully saturated rings. The maximum atomic E-state index is 5.66. The highest BCUT2D eigenvalue weighted by Gasteiger charge is 2.16. The van der Waals surface area contributed by atoms with E-state index < -0.39 is 0 Å². The van der Waals surface area contributed by atoms with Crippen molar-refractivity contribution in [1.82, 2.24) is 19.3 Å². The summed E-state index contributed by atoms with van der Waals surface area (Å²) in [6.07, 6.45) is 9.04. The monoisotopic (exact) mass is 378 g/mol. The molecule has 28 heavy (non-hydrogen) atoms. The van der Waals surface area contributed by atoms with Crippen LogP contribution in [0.15, 0.2) is 42.7 Å². The fourth-order valence-corrected chi connectivity index (χ4v) is 3.97. The highest BCUT2D eigenvalue weighted by molar-refractivity contribution is 5.52. The molecule has 0 atom stereocenters. The van der Waals surface area contributed by atoms with Gasteiger partial charge in [-0.25, -0.2) is 4.98 Å². The Morgan fingerprint density at radius 3 is 2.61 bits per heavy atom. The van der Waals surface area contributed by atoms with Crippen LogP contribution in [0.3, 0.4) is 0 Å². The number of rotatable bonds is 2. The van der Waals surface area contributed by atoms with Crippen molar-refractivity contribution in [2.24, 2.45) is 5.73 Å². The number of hydrogen-bond donors (Lipinski definition) is 1. The molecule has 3 aromatic heterocycles. The van der Waals surface area contributed by atoms with Gasteiger partial charge >= 0.3 is 0 Å². The molecule has 6 nitrogen and oxygen atoms in total. The topological polar surface area (TPSA) is 62.7 Å². The van der Waals surface area contributed by atoms with Gasteiger partial charge in [0.25, 0.3) is 0 Å². The van der Waals surface area contributed by atoms with Crippen molar-refractivity contribution in [2.45, 2.75) is 32.2 Å². The summed E-state index contributed by atoms with van der Waals surface area (Å²) in [6, 6.07) is 10.5. The molecule has 0 unspecified atom stereocenters. The first-order valence-electron chi connectivity index (χ1n) is 10.3. The summed E-state index contributed by atoms with van der Waals surface area (Å²) in [7, 11) is 2.17. The number of piperazine rings is 1. The standard InChI is InChI=1S/C13H19N5.C9H11N/c1-16-5-7-17(8-6-16)13-4-2-3-12-15-11(9-14)10-18(12)13;1-2-6-9-8(4-1)5-3-7-10-9/h2-4,10H,5-9,14H2,1H3;3,5,7H,1-2,4,6H2. The summed E-state index contributed by atoms with van der Waals surface area (Å²) >= 11 is 0. The average molecular weight is 379 g/mol. The predicted molar refractivity (Wildman–Crippen MR) is 114 cm³/mol. The van der Waals surface area contributed by atoms with E-state index in [1.807, 2.05) is 24.5 Å². The zero-order valence-corrected chi connectivity index (χ0v) is 16.7. The van der Waals surface area contributed by atoms with E-state index in [0.717, 1.165) is 37.5 Å². The van der Waals surface area contributed by atoms with Crippen molar-refractivity contribution in [3.05, 3.63) is 59.7 Å². The third-order valence-corrected chi connectivity index (χ3v) is 5.65. The number of nitrogens with zero attached hydrogens (tertiary/aromatic N) is 5. The lowest BCUT2D eigenvalue weighted by Crippen LogP contribution is -2.45. The fourth-order valence-electron chi connectivity index (χ4n) is 3.97. The van der Waals surface area contributed by atoms with Crippen molar-refractivity contribution in [1.29, 1.82) is 0 Å². The Bertz CT molecular complexity index is 885. The largest absolute Gasteiger partial charge is 0.355 e. The molecule has 1 saturated heterocycles. The molecule has 0 amide bonds. The van der Waals surface area contributed by atoms with E-state index in [1.165, 1.54) is 42.8 Å². The Balaban J connectivity index is 0.000000162. The van der Waals surface area contributed by atoms with E-state index >= 15 is 0 Å². The second-order valence-corrected chi connectivity index (χ2v) is 7.66. The van der Waals surface area contributed by atoms with Gasteiger partial charge in [0.05, 0.1) is 5.69 Å². The normalized spacial score (nSPS) is 17.1. The highest BCUT2D eigenvalue weighted by Crippen LogP contribution is 2.19. The molecule has 0 saturated carbocycles. The molecule has 2 N–H and O–H groups in total. The number of anilines is 1. The quantitative estimate of drug-likeness (QED) is 0.742. The first kappa shape index (κ1) is 18.9. The second-order valence-electron chi connectivity index (χ2n) is 7.66. The van der Waals surface area contributed by atoms with E-state index in [9.17, 15) is 0 Å². The van der Waals surface area contributed by atoms with Crippen LogP contribution in [0, 0.1) is 0 Å². The van der Waals surface area contributed by atoms with Gasteiger partial charge in [0, 0.05) is 50.8 Å². The SMILES string of the molecule is CN1CCN(c2cccc3nc(CN)cn23)CC1.c1cnc2c(c1)CCCC2. The van der Waals surface area contributed by atoms with Gasteiger partial charge < -0.3 is 15.5 Å². The second kappa shape index (κ2) is 8.71. The molecule has 5 rings (SSSR count). The van der Waals surface area contributed by atoms with Crippen LogP contribution in [0.2, 0.25) is 0 Å². The molecule has 0 spiro atoms. The number of nitrogens with two attached hydrogens (primary N) is 1. The number of pyridine rings is 2. The van der Waals surface area contributed by atoms with Gasteiger partial charge in [-0.2, -0.15) is 0 Å². The lowest BCUT2D eigenvalue weighted by molar-refractivity contribution is 0.312. The van der Waals surface area contributed by atoms with Crippen LogP contribution in [-0.2, 0) is 19.4 Å². The number of likely N-dealkylation sites (N-methyl/N-ethyl adjacent to an activating group) is 1. The van der Waals surface area contributed by atoms with E-state index in [0.29, 0.717) is 6.54 Å². The Morgan fingerprint density at radius 2 is 1.82 bits per heavy atom. The van der Waals surface area contributed by atoms with Gasteiger partial charge in [-0.15, -0.1) is 0 Å². The summed E-state index contributed by atoms with van der Waals surface area (Å²) in [5, 5.41) is 0. The average Bonchev–Trinajstić information content (AvgIpc) is 3.18. The van der Waals surface area contributed by atoms with E-state index in [1.54, 1.807) is 0 Å². The van der Waals surface area contributed by atoms with E-state index in [4.69, 9.17) is 5.73 Å². The summed E-state index contributed by atoms with van der Waals surface area (Å²) in [5.41, 5.74) is 10.4. The lowest BCUT2D eigenvalue weighted by atomic mass is 9.96. The third kappa shape index (κ3) is 4.18. The molecule has 3 aromatic rings. The van der Waals surface area contributed by atoms with Gasteiger partial charge in [0.15, 0.2) is 0 Å². The van der Waals surface area contributed by atoms with Gasteiger partial charge in [0.1, 0.15) is 11.5 Å². The minimum Gasteiger partial charge on any atom is -0.355 e. The molecule has 4 heterocycles. The number of hydrogen-bond acceptors (Lipinski definition) is 5. The van der Waals surface area contributed by atoms with Crippen molar-refractivity contribution in [3.63, 3.8) is 0 Å². The van der Waals surface area contributed by atoms with Crippen LogP contribution in [0.25, 0.3) is 5.65 Å². The number of fused-ring (bicyclic) bond motifs is 2. The smallest absolute Gasteiger partial charge is 0.138 e. The Labute approximate surface area is 167 Å². The molecule has 148 valence electrons. The molecule has 1 aliphatic carbocycles. The van der Waals surface area contributed by atoms with Gasteiger partial charge in [0.2, 0.25) is 0 Å². The summed E-state index contributed by atoms with van der Waals surface area (Å²) < 4.78 is 2.15. The Hall–Kier alpha value is -2.44. The van der Waals surface area contributed by atoms with Crippen molar-refractivity contribution in [2.75, 3.05) is 38.1 Å². The lowest BCUT2D eigenvalue weighted by Gasteiger charge is -2.34. The first-order valence-corrected chi connectivity index (χ1v) is 10.3. The maximum Gasteiger partial charge on any atom is 0.138 e. The zero-order valence-electron chi connectivity index (χ0n) is 16.7. The Morgan fingerprint density at radius 1 is 1.00 bits per heavy atom. The summed E-state index contributed by atoms with van der Waals surface area (Å²) in [4.78, 5) is 13.6. The molecule has 0 aromatic carbocycles. The minimum absolute atomic E-state index is 0.490. The van der Waals surface area contributed by atoms with E-state index in [-0.39, 0.29) is 0 Å². The van der Waals surface area contributed by atoms with Crippen LogP contribution in [0.4, 0.5) is 5.82 Å². The van der Waals surface area contributed by atoms with E-state index in [2.05, 4.69) is 49.4 Å². The highest BCUT2D eigenvalue weighted by atomic mass is 15.3. The van der Waals surface area contributed by atoms with Gasteiger partial charge in [-0.1, -0.05) is 12.1 Å². The maximum absolute atomic E-state index is 5.66. The van der Waals surface area contributed by atoms with Gasteiger partial charge in [-0.3, -0.25) is 9.38 Å². The van der Waals surface area contributed by atoms with Crippen LogP contribution in [-0.4, -0.2) is 52.5 Å². The Kier molecular flexibility index (Phi) is 5.88. The number of aromatic nitrogens is 3.